The second-order valence-electron chi connectivity index (χ2n) is 12.4. The van der Waals surface area contributed by atoms with Crippen molar-refractivity contribution >= 4 is 50.7 Å². The molecule has 1 N–H and O–H groups in total. The average molecular weight is 723 g/mol. The minimum atomic E-state index is -3.92. The van der Waals surface area contributed by atoms with E-state index in [0.29, 0.717) is 33.7 Å². The lowest BCUT2D eigenvalue weighted by atomic mass is 9.94. The molecule has 1 atom stereocenters. The van der Waals surface area contributed by atoms with Crippen molar-refractivity contribution in [1.82, 2.24) is 10.2 Å². The van der Waals surface area contributed by atoms with Crippen LogP contribution in [0.5, 0.6) is 5.75 Å². The topological polar surface area (TPSA) is 96.0 Å². The molecule has 258 valence electrons. The Morgan fingerprint density at radius 2 is 1.45 bits per heavy atom. The van der Waals surface area contributed by atoms with Gasteiger partial charge in [-0.25, -0.2) is 8.42 Å². The molecule has 1 saturated carbocycles. The number of halogens is 2. The van der Waals surface area contributed by atoms with E-state index in [1.54, 1.807) is 42.5 Å². The molecule has 1 aliphatic carbocycles. The number of hydrogen-bond acceptors (Lipinski definition) is 5. The molecule has 0 aromatic heterocycles. The van der Waals surface area contributed by atoms with Crippen LogP contribution in [-0.2, 0) is 39.2 Å². The molecule has 0 bridgehead atoms. The van der Waals surface area contributed by atoms with Crippen molar-refractivity contribution in [3.05, 3.63) is 130 Å². The maximum absolute atomic E-state index is 14.4. The van der Waals surface area contributed by atoms with E-state index in [4.69, 9.17) is 27.9 Å². The van der Waals surface area contributed by atoms with E-state index >= 15 is 0 Å². The Bertz CT molecular complexity index is 1800. The predicted molar refractivity (Wildman–Crippen MR) is 195 cm³/mol. The Hall–Kier alpha value is -4.05. The minimum absolute atomic E-state index is 0.00910. The number of hydrogen-bond donors (Lipinski definition) is 1. The van der Waals surface area contributed by atoms with Gasteiger partial charge in [0, 0.05) is 19.0 Å². The van der Waals surface area contributed by atoms with Crippen LogP contribution in [0.15, 0.2) is 103 Å². The van der Waals surface area contributed by atoms with Crippen LogP contribution in [-0.4, -0.2) is 50.0 Å². The molecule has 1 aliphatic rings. The van der Waals surface area contributed by atoms with Crippen molar-refractivity contribution in [1.29, 1.82) is 0 Å². The van der Waals surface area contributed by atoms with Gasteiger partial charge < -0.3 is 15.0 Å². The Morgan fingerprint density at radius 3 is 2.06 bits per heavy atom. The SMILES string of the molecule is CS(=O)(=O)N(CC(=O)N(Cc1ccc(Cl)c(Cl)c1)[C@H](Cc1ccccc1)C(=O)NC1CCCCC1)c1ccc(OCc2ccccc2)cc1. The molecule has 0 radical (unpaired) electrons. The number of amides is 2. The highest BCUT2D eigenvalue weighted by Crippen LogP contribution is 2.27. The smallest absolute Gasteiger partial charge is 0.244 e. The molecule has 1 fully saturated rings. The summed E-state index contributed by atoms with van der Waals surface area (Å²) in [5.41, 5.74) is 2.81. The summed E-state index contributed by atoms with van der Waals surface area (Å²) in [7, 11) is -3.92. The highest BCUT2D eigenvalue weighted by atomic mass is 35.5. The molecule has 4 aromatic rings. The Balaban J connectivity index is 1.44. The monoisotopic (exact) mass is 721 g/mol. The van der Waals surface area contributed by atoms with E-state index in [2.05, 4.69) is 5.32 Å². The zero-order chi connectivity index (χ0) is 34.8. The highest BCUT2D eigenvalue weighted by molar-refractivity contribution is 7.92. The van der Waals surface area contributed by atoms with Crippen LogP contribution in [0.25, 0.3) is 0 Å². The summed E-state index contributed by atoms with van der Waals surface area (Å²) >= 11 is 12.6. The van der Waals surface area contributed by atoms with E-state index in [0.717, 1.165) is 53.8 Å². The zero-order valence-electron chi connectivity index (χ0n) is 27.4. The van der Waals surface area contributed by atoms with Gasteiger partial charge in [0.2, 0.25) is 21.8 Å². The van der Waals surface area contributed by atoms with Crippen molar-refractivity contribution in [3.63, 3.8) is 0 Å². The van der Waals surface area contributed by atoms with Gasteiger partial charge in [0.05, 0.1) is 22.0 Å². The Morgan fingerprint density at radius 1 is 0.816 bits per heavy atom. The fourth-order valence-corrected chi connectivity index (χ4v) is 7.17. The third-order valence-corrected chi connectivity index (χ3v) is 10.5. The lowest BCUT2D eigenvalue weighted by Gasteiger charge is -2.35. The molecular formula is C38H41Cl2N3O5S. The lowest BCUT2D eigenvalue weighted by Crippen LogP contribution is -2.55. The van der Waals surface area contributed by atoms with Gasteiger partial charge in [-0.05, 0) is 65.9 Å². The largest absolute Gasteiger partial charge is 0.489 e. The van der Waals surface area contributed by atoms with Crippen LogP contribution in [0.1, 0.15) is 48.8 Å². The summed E-state index contributed by atoms with van der Waals surface area (Å²) in [4.78, 5) is 30.0. The van der Waals surface area contributed by atoms with Crippen molar-refractivity contribution in [2.45, 2.75) is 63.8 Å². The van der Waals surface area contributed by atoms with Gasteiger partial charge in [-0.3, -0.25) is 13.9 Å². The molecule has 5 rings (SSSR count). The first-order valence-corrected chi connectivity index (χ1v) is 19.0. The quantitative estimate of drug-likeness (QED) is 0.146. The molecule has 0 aliphatic heterocycles. The normalized spacial score (nSPS) is 14.1. The Labute approximate surface area is 299 Å². The first-order chi connectivity index (χ1) is 23.6. The number of ether oxygens (including phenoxy) is 1. The minimum Gasteiger partial charge on any atom is -0.489 e. The zero-order valence-corrected chi connectivity index (χ0v) is 29.8. The van der Waals surface area contributed by atoms with Crippen molar-refractivity contribution in [2.75, 3.05) is 17.1 Å². The van der Waals surface area contributed by atoms with Crippen LogP contribution in [0.3, 0.4) is 0 Å². The van der Waals surface area contributed by atoms with Gasteiger partial charge in [-0.1, -0.05) is 109 Å². The summed E-state index contributed by atoms with van der Waals surface area (Å²) in [6, 6.07) is 29.8. The van der Waals surface area contributed by atoms with E-state index in [-0.39, 0.29) is 24.9 Å². The fourth-order valence-electron chi connectivity index (χ4n) is 6.00. The van der Waals surface area contributed by atoms with Crippen molar-refractivity contribution in [3.8, 4) is 5.75 Å². The van der Waals surface area contributed by atoms with Gasteiger partial charge in [0.1, 0.15) is 24.9 Å². The standard InChI is InChI=1S/C38H41Cl2N3O5S/c1-49(46,47)43(32-18-20-33(21-19-32)48-27-29-13-7-3-8-14-29)26-37(44)42(25-30-17-22-34(39)35(40)23-30)36(24-28-11-5-2-6-12-28)38(45)41-31-15-9-4-10-16-31/h2-3,5-8,11-14,17-23,31,36H,4,9-10,15-16,24-27H2,1H3,(H,41,45)/t36-/m1/s1. The number of sulfonamides is 1. The summed E-state index contributed by atoms with van der Waals surface area (Å²) in [6.07, 6.45) is 6.22. The summed E-state index contributed by atoms with van der Waals surface area (Å²) in [5.74, 6) is -0.272. The van der Waals surface area contributed by atoms with E-state index in [1.165, 1.54) is 4.90 Å². The number of carbonyl (C=O) groups excluding carboxylic acids is 2. The number of anilines is 1. The van der Waals surface area contributed by atoms with Crippen LogP contribution in [0.4, 0.5) is 5.69 Å². The highest BCUT2D eigenvalue weighted by Gasteiger charge is 2.34. The number of carbonyl (C=O) groups is 2. The van der Waals surface area contributed by atoms with Crippen LogP contribution in [0.2, 0.25) is 10.0 Å². The van der Waals surface area contributed by atoms with Crippen LogP contribution < -0.4 is 14.4 Å². The first kappa shape index (κ1) is 36.2. The number of nitrogens with one attached hydrogen (secondary N) is 1. The summed E-state index contributed by atoms with van der Waals surface area (Å²) in [6.45, 7) is -0.161. The fraction of sp³-hybridized carbons (Fsp3) is 0.316. The molecule has 0 saturated heterocycles. The molecule has 2 amide bonds. The maximum Gasteiger partial charge on any atom is 0.244 e. The molecule has 8 nitrogen and oxygen atoms in total. The van der Waals surface area contributed by atoms with Crippen LogP contribution in [0, 0.1) is 0 Å². The summed E-state index contributed by atoms with van der Waals surface area (Å²) in [5, 5.41) is 3.87. The van der Waals surface area contributed by atoms with E-state index in [1.807, 2.05) is 60.7 Å². The molecule has 0 unspecified atom stereocenters. The number of rotatable bonds is 14. The van der Waals surface area contributed by atoms with Crippen LogP contribution >= 0.6 is 23.2 Å². The van der Waals surface area contributed by atoms with E-state index in [9.17, 15) is 18.0 Å². The molecular weight excluding hydrogens is 681 g/mol. The summed E-state index contributed by atoms with van der Waals surface area (Å²) < 4.78 is 33.3. The van der Waals surface area contributed by atoms with Gasteiger partial charge in [0.15, 0.2) is 0 Å². The van der Waals surface area contributed by atoms with E-state index < -0.39 is 28.5 Å². The molecule has 11 heteroatoms. The number of benzene rings is 4. The third-order valence-electron chi connectivity index (χ3n) is 8.61. The molecule has 4 aromatic carbocycles. The second kappa shape index (κ2) is 17.1. The first-order valence-electron chi connectivity index (χ1n) is 16.4. The maximum atomic E-state index is 14.4. The average Bonchev–Trinajstić information content (AvgIpc) is 3.10. The predicted octanol–water partition coefficient (Wildman–Crippen LogP) is 7.43. The molecule has 0 spiro atoms. The van der Waals surface area contributed by atoms with Gasteiger partial charge in [-0.15, -0.1) is 0 Å². The van der Waals surface area contributed by atoms with Crippen molar-refractivity contribution in [2.24, 2.45) is 0 Å². The molecule has 0 heterocycles. The second-order valence-corrected chi connectivity index (χ2v) is 15.1. The number of nitrogens with zero attached hydrogens (tertiary/aromatic N) is 2. The lowest BCUT2D eigenvalue weighted by molar-refractivity contribution is -0.140. The Kier molecular flexibility index (Phi) is 12.6. The van der Waals surface area contributed by atoms with Gasteiger partial charge in [0.25, 0.3) is 0 Å². The van der Waals surface area contributed by atoms with Crippen molar-refractivity contribution < 1.29 is 22.7 Å². The van der Waals surface area contributed by atoms with Gasteiger partial charge in [-0.2, -0.15) is 0 Å². The third kappa shape index (κ3) is 10.5. The van der Waals surface area contributed by atoms with Gasteiger partial charge >= 0.3 is 0 Å². The molecule has 49 heavy (non-hydrogen) atoms.